The van der Waals surface area contributed by atoms with Gasteiger partial charge < -0.3 is 13.3 Å². The van der Waals surface area contributed by atoms with Crippen molar-refractivity contribution in [2.75, 3.05) is 0 Å². The number of rotatable bonds is 12. The molecule has 3 nitrogen and oxygen atoms in total. The molecule has 6 heteroatoms. The maximum Gasteiger partial charge on any atom is 0.192 e. The Kier molecular flexibility index (Phi) is 13.0. The fourth-order valence-electron chi connectivity index (χ4n) is 8.25. The van der Waals surface area contributed by atoms with Crippen LogP contribution in [0, 0.1) is 17.3 Å². The second-order valence-corrected chi connectivity index (χ2v) is 34.7. The van der Waals surface area contributed by atoms with Gasteiger partial charge in [0.1, 0.15) is 0 Å². The lowest BCUT2D eigenvalue weighted by atomic mass is 9.62. The summed E-state index contributed by atoms with van der Waals surface area (Å²) in [7, 11) is -5.46. The summed E-state index contributed by atoms with van der Waals surface area (Å²) in [6.07, 6.45) is 18.2. The van der Waals surface area contributed by atoms with E-state index in [9.17, 15) is 0 Å². The molecular weight excluding hydrogens is 637 g/mol. The lowest BCUT2D eigenvalue weighted by Crippen LogP contribution is -2.49. The number of fused-ring (bicyclic) bond motifs is 1. The predicted octanol–water partition coefficient (Wildman–Crippen LogP) is 13.5. The maximum absolute atomic E-state index is 7.11. The van der Waals surface area contributed by atoms with Gasteiger partial charge in [-0.1, -0.05) is 97.8 Å². The molecule has 276 valence electrons. The molecule has 0 unspecified atom stereocenters. The molecule has 0 amide bonds. The minimum Gasteiger partial charge on any atom is -0.413 e. The van der Waals surface area contributed by atoms with Crippen LogP contribution in [0.2, 0.25) is 55.9 Å². The normalized spacial score (nSPS) is 29.0. The van der Waals surface area contributed by atoms with Crippen LogP contribution in [0.3, 0.4) is 0 Å². The Bertz CT molecular complexity index is 1230. The molecule has 0 aromatic carbocycles. The van der Waals surface area contributed by atoms with Gasteiger partial charge in [0.05, 0.1) is 17.8 Å². The lowest BCUT2D eigenvalue weighted by molar-refractivity contribution is 0.0868. The van der Waals surface area contributed by atoms with Gasteiger partial charge in [-0.05, 0) is 143 Å². The largest absolute Gasteiger partial charge is 0.413 e. The van der Waals surface area contributed by atoms with Crippen LogP contribution >= 0.6 is 0 Å². The monoisotopic (exact) mass is 715 g/mol. The van der Waals surface area contributed by atoms with E-state index in [-0.39, 0.29) is 33.3 Å². The SMILES string of the molecule is C=C1/C(=C\C=C2/CCC[C@]3(C)C([C@H](C)CCCC(C)(C)O[Si](C)(C)C)=CC[C@@H]23)C[C@@H](O[Si](C)(C)C(C)(C)C)C[C@@H]1O[Si](C)(C)C(C)(C)C. The first-order valence-electron chi connectivity index (χ1n) is 19.4. The van der Waals surface area contributed by atoms with Crippen LogP contribution in [0.25, 0.3) is 0 Å². The summed E-state index contributed by atoms with van der Waals surface area (Å²) in [5, 5.41) is 0.332. The summed E-state index contributed by atoms with van der Waals surface area (Å²) in [6.45, 7) is 44.9. The van der Waals surface area contributed by atoms with Crippen molar-refractivity contribution in [2.45, 2.75) is 201 Å². The van der Waals surface area contributed by atoms with Gasteiger partial charge in [-0.25, -0.2) is 0 Å². The standard InChI is InChI=1S/C42H78O3Si3/c1-31(21-19-27-41(9,10)45-46(12,13)14)36-25-26-37-33(22-20-28-42(36,37)11)23-24-34-29-35(43-47(15,16)39(3,4)5)30-38(32(34)2)44-48(17,18)40(6,7)8/h23-25,31,35,37-38H,2,19-22,26-30H2,1,3-18H3/b33-23+,34-24-/t31-,35-,37+,38+,42-/m1/s1. The lowest BCUT2D eigenvalue weighted by Gasteiger charge is -2.45. The van der Waals surface area contributed by atoms with Crippen molar-refractivity contribution in [3.05, 3.63) is 47.1 Å². The first kappa shape index (κ1) is 41.9. The maximum atomic E-state index is 7.11. The van der Waals surface area contributed by atoms with Crippen molar-refractivity contribution in [3.63, 3.8) is 0 Å². The molecule has 0 aliphatic heterocycles. The Hall–Kier alpha value is -0.509. The summed E-state index contributed by atoms with van der Waals surface area (Å²) in [6, 6.07) is 0. The molecule has 0 radical (unpaired) electrons. The molecule has 3 rings (SSSR count). The van der Waals surface area contributed by atoms with Crippen molar-refractivity contribution in [3.8, 4) is 0 Å². The fourth-order valence-corrected chi connectivity index (χ4v) is 12.7. The predicted molar refractivity (Wildman–Crippen MR) is 218 cm³/mol. The van der Waals surface area contributed by atoms with Crippen LogP contribution in [0.5, 0.6) is 0 Å². The third-order valence-corrected chi connectivity index (χ3v) is 23.1. The summed E-state index contributed by atoms with van der Waals surface area (Å²) in [4.78, 5) is 0. The summed E-state index contributed by atoms with van der Waals surface area (Å²) < 4.78 is 20.7. The van der Waals surface area contributed by atoms with Crippen molar-refractivity contribution in [1.82, 2.24) is 0 Å². The van der Waals surface area contributed by atoms with Gasteiger partial charge in [-0.2, -0.15) is 0 Å². The average molecular weight is 715 g/mol. The molecule has 0 N–H and O–H groups in total. The van der Waals surface area contributed by atoms with E-state index in [0.717, 1.165) is 19.3 Å². The van der Waals surface area contributed by atoms with Crippen molar-refractivity contribution < 1.29 is 13.3 Å². The second-order valence-electron chi connectivity index (χ2n) is 20.8. The minimum atomic E-state index is -1.98. The molecule has 2 fully saturated rings. The molecule has 48 heavy (non-hydrogen) atoms. The van der Waals surface area contributed by atoms with Crippen molar-refractivity contribution >= 4 is 25.0 Å². The van der Waals surface area contributed by atoms with Gasteiger partial charge in [0, 0.05) is 6.42 Å². The van der Waals surface area contributed by atoms with Crippen LogP contribution in [0.4, 0.5) is 0 Å². The molecule has 0 bridgehead atoms. The van der Waals surface area contributed by atoms with Gasteiger partial charge in [-0.15, -0.1) is 0 Å². The Morgan fingerprint density at radius 1 is 0.917 bits per heavy atom. The summed E-state index contributed by atoms with van der Waals surface area (Å²) >= 11 is 0. The highest BCUT2D eigenvalue weighted by molar-refractivity contribution is 6.74. The van der Waals surface area contributed by atoms with E-state index in [1.54, 1.807) is 11.1 Å². The Morgan fingerprint density at radius 3 is 2.06 bits per heavy atom. The van der Waals surface area contributed by atoms with E-state index in [1.165, 1.54) is 49.7 Å². The smallest absolute Gasteiger partial charge is 0.192 e. The molecule has 0 aromatic rings. The number of hydrogen-bond acceptors (Lipinski definition) is 3. The van der Waals surface area contributed by atoms with E-state index >= 15 is 0 Å². The molecule has 0 aromatic heterocycles. The highest BCUT2D eigenvalue weighted by Gasteiger charge is 2.47. The number of hydrogen-bond donors (Lipinski definition) is 0. The molecule has 2 saturated carbocycles. The molecular formula is C42H78O3Si3. The highest BCUT2D eigenvalue weighted by Crippen LogP contribution is 2.57. The van der Waals surface area contributed by atoms with Crippen LogP contribution in [0.15, 0.2) is 47.1 Å². The van der Waals surface area contributed by atoms with Crippen molar-refractivity contribution in [1.29, 1.82) is 0 Å². The third-order valence-electron chi connectivity index (χ3n) is 12.9. The molecule has 0 heterocycles. The van der Waals surface area contributed by atoms with Gasteiger partial charge in [0.15, 0.2) is 25.0 Å². The zero-order chi connectivity index (χ0) is 36.7. The Morgan fingerprint density at radius 2 is 1.50 bits per heavy atom. The van der Waals surface area contributed by atoms with Crippen LogP contribution in [-0.2, 0) is 13.3 Å². The van der Waals surface area contributed by atoms with Crippen molar-refractivity contribution in [2.24, 2.45) is 17.3 Å². The Balaban J connectivity index is 1.82. The first-order valence-corrected chi connectivity index (χ1v) is 28.7. The van der Waals surface area contributed by atoms with Gasteiger partial charge in [0.2, 0.25) is 0 Å². The molecule has 3 aliphatic rings. The zero-order valence-corrected chi connectivity index (χ0v) is 37.8. The molecule has 0 spiro atoms. The summed E-state index contributed by atoms with van der Waals surface area (Å²) in [5.41, 5.74) is 6.14. The second kappa shape index (κ2) is 14.8. The average Bonchev–Trinajstić information content (AvgIpc) is 3.24. The van der Waals surface area contributed by atoms with E-state index in [1.807, 2.05) is 0 Å². The van der Waals surface area contributed by atoms with Gasteiger partial charge >= 0.3 is 0 Å². The molecule has 0 saturated heterocycles. The topological polar surface area (TPSA) is 27.7 Å². The zero-order valence-electron chi connectivity index (χ0n) is 34.8. The quantitative estimate of drug-likeness (QED) is 0.149. The third kappa shape index (κ3) is 10.3. The van der Waals surface area contributed by atoms with E-state index in [0.29, 0.717) is 11.8 Å². The van der Waals surface area contributed by atoms with E-state index < -0.39 is 25.0 Å². The fraction of sp³-hybridized carbons (Fsp3) is 0.810. The van der Waals surface area contributed by atoms with Crippen LogP contribution in [0.1, 0.15) is 127 Å². The Labute approximate surface area is 302 Å². The molecule has 3 aliphatic carbocycles. The number of allylic oxidation sites excluding steroid dienone is 5. The highest BCUT2D eigenvalue weighted by atomic mass is 28.4. The van der Waals surface area contributed by atoms with E-state index in [4.69, 9.17) is 19.9 Å². The minimum absolute atomic E-state index is 0.0254. The summed E-state index contributed by atoms with van der Waals surface area (Å²) in [5.74, 6) is 1.24. The van der Waals surface area contributed by atoms with Gasteiger partial charge in [0.25, 0.3) is 0 Å². The van der Waals surface area contributed by atoms with E-state index in [2.05, 4.69) is 133 Å². The van der Waals surface area contributed by atoms with Gasteiger partial charge in [-0.3, -0.25) is 0 Å². The molecule has 5 atom stereocenters. The van der Waals surface area contributed by atoms with Crippen LogP contribution in [-0.4, -0.2) is 42.8 Å². The first-order chi connectivity index (χ1) is 21.6. The van der Waals surface area contributed by atoms with Crippen LogP contribution < -0.4 is 0 Å².